The van der Waals surface area contributed by atoms with Gasteiger partial charge in [0.15, 0.2) is 0 Å². The number of amides is 1. The van der Waals surface area contributed by atoms with Crippen LogP contribution in [0.5, 0.6) is 0 Å². The zero-order valence-electron chi connectivity index (χ0n) is 10.8. The van der Waals surface area contributed by atoms with Crippen molar-refractivity contribution in [1.29, 1.82) is 0 Å². The van der Waals surface area contributed by atoms with Crippen LogP contribution in [-0.2, 0) is 4.79 Å². The van der Waals surface area contributed by atoms with Gasteiger partial charge in [-0.3, -0.25) is 4.79 Å². The van der Waals surface area contributed by atoms with Crippen molar-refractivity contribution >= 4 is 17.5 Å². The van der Waals surface area contributed by atoms with Crippen LogP contribution in [0.2, 0.25) is 0 Å². The van der Waals surface area contributed by atoms with Gasteiger partial charge in [-0.1, -0.05) is 0 Å². The third kappa shape index (κ3) is 2.69. The van der Waals surface area contributed by atoms with E-state index in [0.29, 0.717) is 0 Å². The van der Waals surface area contributed by atoms with Crippen LogP contribution in [0, 0.1) is 6.92 Å². The van der Waals surface area contributed by atoms with Gasteiger partial charge in [-0.2, -0.15) is 0 Å². The number of hydrogen-bond acceptors (Lipinski definition) is 5. The first-order valence-corrected chi connectivity index (χ1v) is 6.32. The second kappa shape index (κ2) is 5.66. The minimum atomic E-state index is -0.193. The summed E-state index contributed by atoms with van der Waals surface area (Å²) in [4.78, 5) is 20.1. The van der Waals surface area contributed by atoms with E-state index in [9.17, 15) is 4.79 Å². The summed E-state index contributed by atoms with van der Waals surface area (Å²) in [7, 11) is 0. The molecular weight excluding hydrogens is 230 g/mol. The number of aromatic nitrogens is 2. The maximum atomic E-state index is 11.7. The van der Waals surface area contributed by atoms with E-state index in [1.807, 2.05) is 13.8 Å². The minimum absolute atomic E-state index is 0.0456. The lowest BCUT2D eigenvalue weighted by molar-refractivity contribution is -0.123. The molecular formula is C12H19N5O. The molecule has 6 nitrogen and oxygen atoms in total. The summed E-state index contributed by atoms with van der Waals surface area (Å²) in [5, 5.41) is 9.22. The molecule has 98 valence electrons. The van der Waals surface area contributed by atoms with Crippen LogP contribution in [0.1, 0.15) is 25.3 Å². The quantitative estimate of drug-likeness (QED) is 0.739. The highest BCUT2D eigenvalue weighted by Crippen LogP contribution is 2.20. The van der Waals surface area contributed by atoms with E-state index in [4.69, 9.17) is 0 Å². The SMILES string of the molecule is CCNc1ncnc(NC2CCCNC2=O)c1C. The van der Waals surface area contributed by atoms with E-state index in [1.54, 1.807) is 0 Å². The van der Waals surface area contributed by atoms with E-state index in [-0.39, 0.29) is 11.9 Å². The Morgan fingerprint density at radius 3 is 2.94 bits per heavy atom. The van der Waals surface area contributed by atoms with Crippen LogP contribution in [0.4, 0.5) is 11.6 Å². The predicted octanol–water partition coefficient (Wildman–Crippen LogP) is 0.907. The Labute approximate surface area is 107 Å². The minimum Gasteiger partial charge on any atom is -0.370 e. The molecule has 1 unspecified atom stereocenters. The van der Waals surface area contributed by atoms with Crippen molar-refractivity contribution in [3.8, 4) is 0 Å². The van der Waals surface area contributed by atoms with Gasteiger partial charge in [-0.05, 0) is 26.7 Å². The van der Waals surface area contributed by atoms with Crippen molar-refractivity contribution in [3.63, 3.8) is 0 Å². The first-order valence-electron chi connectivity index (χ1n) is 6.32. The van der Waals surface area contributed by atoms with Gasteiger partial charge in [0.2, 0.25) is 5.91 Å². The monoisotopic (exact) mass is 249 g/mol. The van der Waals surface area contributed by atoms with E-state index in [2.05, 4.69) is 25.9 Å². The van der Waals surface area contributed by atoms with Crippen molar-refractivity contribution in [2.45, 2.75) is 32.7 Å². The fourth-order valence-corrected chi connectivity index (χ4v) is 2.02. The zero-order chi connectivity index (χ0) is 13.0. The van der Waals surface area contributed by atoms with Gasteiger partial charge in [0, 0.05) is 18.7 Å². The summed E-state index contributed by atoms with van der Waals surface area (Å²) < 4.78 is 0. The smallest absolute Gasteiger partial charge is 0.242 e. The number of carbonyl (C=O) groups excluding carboxylic acids is 1. The van der Waals surface area contributed by atoms with Gasteiger partial charge < -0.3 is 16.0 Å². The second-order valence-corrected chi connectivity index (χ2v) is 4.36. The normalized spacial score (nSPS) is 19.2. The summed E-state index contributed by atoms with van der Waals surface area (Å²) in [6.07, 6.45) is 3.34. The average Bonchev–Trinajstić information content (AvgIpc) is 2.37. The highest BCUT2D eigenvalue weighted by atomic mass is 16.2. The fraction of sp³-hybridized carbons (Fsp3) is 0.583. The molecule has 1 saturated heterocycles. The molecule has 0 aliphatic carbocycles. The molecule has 3 N–H and O–H groups in total. The van der Waals surface area contributed by atoms with Gasteiger partial charge in [0.05, 0.1) is 0 Å². The number of carbonyl (C=O) groups is 1. The van der Waals surface area contributed by atoms with Crippen molar-refractivity contribution in [3.05, 3.63) is 11.9 Å². The van der Waals surface area contributed by atoms with Gasteiger partial charge in [-0.25, -0.2) is 9.97 Å². The molecule has 1 aromatic rings. The number of piperidine rings is 1. The van der Waals surface area contributed by atoms with Gasteiger partial charge >= 0.3 is 0 Å². The molecule has 1 amide bonds. The molecule has 2 heterocycles. The number of nitrogens with one attached hydrogen (secondary N) is 3. The zero-order valence-corrected chi connectivity index (χ0v) is 10.8. The Bertz CT molecular complexity index is 434. The van der Waals surface area contributed by atoms with Gasteiger partial charge in [0.25, 0.3) is 0 Å². The number of hydrogen-bond donors (Lipinski definition) is 3. The Balaban J connectivity index is 2.13. The summed E-state index contributed by atoms with van der Waals surface area (Å²) in [6, 6.07) is -0.193. The highest BCUT2D eigenvalue weighted by Gasteiger charge is 2.22. The maximum absolute atomic E-state index is 11.7. The molecule has 0 spiro atoms. The van der Waals surface area contributed by atoms with Gasteiger partial charge in [0.1, 0.15) is 24.0 Å². The van der Waals surface area contributed by atoms with Crippen LogP contribution in [-0.4, -0.2) is 35.0 Å². The Morgan fingerprint density at radius 2 is 2.22 bits per heavy atom. The molecule has 1 atom stereocenters. The van der Waals surface area contributed by atoms with Crippen LogP contribution < -0.4 is 16.0 Å². The Hall–Kier alpha value is -1.85. The van der Waals surface area contributed by atoms with Crippen LogP contribution in [0.25, 0.3) is 0 Å². The molecule has 1 fully saturated rings. The molecule has 1 aliphatic heterocycles. The summed E-state index contributed by atoms with van der Waals surface area (Å²) in [5.41, 5.74) is 0.942. The Kier molecular flexibility index (Phi) is 3.96. The standard InChI is InChI=1S/C12H19N5O/c1-3-13-10-8(2)11(16-7-15-10)17-9-5-4-6-14-12(9)18/h7,9H,3-6H2,1-2H3,(H,14,18)(H2,13,15,16,17). The van der Waals surface area contributed by atoms with E-state index >= 15 is 0 Å². The highest BCUT2D eigenvalue weighted by molar-refractivity contribution is 5.85. The van der Waals surface area contributed by atoms with Crippen LogP contribution in [0.15, 0.2) is 6.33 Å². The van der Waals surface area contributed by atoms with Crippen molar-refractivity contribution in [2.24, 2.45) is 0 Å². The molecule has 0 saturated carbocycles. The third-order valence-corrected chi connectivity index (χ3v) is 3.02. The first kappa shape index (κ1) is 12.6. The lowest BCUT2D eigenvalue weighted by Gasteiger charge is -2.24. The maximum Gasteiger partial charge on any atom is 0.242 e. The molecule has 6 heteroatoms. The molecule has 0 bridgehead atoms. The van der Waals surface area contributed by atoms with Crippen molar-refractivity contribution in [2.75, 3.05) is 23.7 Å². The molecule has 0 radical (unpaired) electrons. The third-order valence-electron chi connectivity index (χ3n) is 3.02. The summed E-state index contributed by atoms with van der Waals surface area (Å²) in [6.45, 7) is 5.54. The fourth-order valence-electron chi connectivity index (χ4n) is 2.02. The number of nitrogens with zero attached hydrogens (tertiary/aromatic N) is 2. The Morgan fingerprint density at radius 1 is 1.44 bits per heavy atom. The molecule has 0 aromatic carbocycles. The topological polar surface area (TPSA) is 78.9 Å². The average molecular weight is 249 g/mol. The lowest BCUT2D eigenvalue weighted by atomic mass is 10.1. The summed E-state index contributed by atoms with van der Waals surface area (Å²) >= 11 is 0. The predicted molar refractivity (Wildman–Crippen MR) is 70.6 cm³/mol. The largest absolute Gasteiger partial charge is 0.370 e. The molecule has 18 heavy (non-hydrogen) atoms. The van der Waals surface area contributed by atoms with Crippen LogP contribution in [0.3, 0.4) is 0 Å². The van der Waals surface area contributed by atoms with Crippen LogP contribution >= 0.6 is 0 Å². The van der Waals surface area contributed by atoms with E-state index in [1.165, 1.54) is 6.33 Å². The first-order chi connectivity index (χ1) is 8.72. The number of rotatable bonds is 4. The molecule has 1 aromatic heterocycles. The molecule has 2 rings (SSSR count). The molecule has 1 aliphatic rings. The van der Waals surface area contributed by atoms with Crippen molar-refractivity contribution < 1.29 is 4.79 Å². The van der Waals surface area contributed by atoms with E-state index < -0.39 is 0 Å². The lowest BCUT2D eigenvalue weighted by Crippen LogP contribution is -2.44. The number of anilines is 2. The van der Waals surface area contributed by atoms with Crippen molar-refractivity contribution in [1.82, 2.24) is 15.3 Å². The summed E-state index contributed by atoms with van der Waals surface area (Å²) in [5.74, 6) is 1.58. The van der Waals surface area contributed by atoms with E-state index in [0.717, 1.165) is 43.1 Å². The second-order valence-electron chi connectivity index (χ2n) is 4.36. The van der Waals surface area contributed by atoms with Gasteiger partial charge in [-0.15, -0.1) is 0 Å².